The zero-order valence-corrected chi connectivity index (χ0v) is 14.5. The third kappa shape index (κ3) is 6.35. The molecule has 0 amide bonds. The van der Waals surface area contributed by atoms with Crippen molar-refractivity contribution in [3.8, 4) is 0 Å². The molecule has 0 heterocycles. The average Bonchev–Trinajstić information content (AvgIpc) is 2.36. The van der Waals surface area contributed by atoms with Gasteiger partial charge in [0.25, 0.3) is 0 Å². The Hall–Kier alpha value is 0.140. The molecular weight excluding hydrogens is 354 g/mol. The SMILES string of the molecule is CCCNCCC(C)CCc1cc(Br)ccc1Br. The van der Waals surface area contributed by atoms with Crippen LogP contribution in [0.2, 0.25) is 0 Å². The van der Waals surface area contributed by atoms with Crippen LogP contribution in [-0.2, 0) is 6.42 Å². The van der Waals surface area contributed by atoms with Crippen LogP contribution in [0, 0.1) is 5.92 Å². The monoisotopic (exact) mass is 375 g/mol. The predicted octanol–water partition coefficient (Wildman–Crippen LogP) is 5.17. The minimum Gasteiger partial charge on any atom is -0.317 e. The van der Waals surface area contributed by atoms with Gasteiger partial charge in [0.1, 0.15) is 0 Å². The molecule has 1 aromatic rings. The molecule has 1 aromatic carbocycles. The minimum atomic E-state index is 0.778. The number of benzene rings is 1. The summed E-state index contributed by atoms with van der Waals surface area (Å²) in [5.74, 6) is 0.778. The number of hydrogen-bond donors (Lipinski definition) is 1. The van der Waals surface area contributed by atoms with E-state index in [0.29, 0.717) is 0 Å². The Bertz CT molecular complexity index is 352. The van der Waals surface area contributed by atoms with E-state index in [4.69, 9.17) is 0 Å². The number of aryl methyl sites for hydroxylation is 1. The molecular formula is C15H23Br2N. The van der Waals surface area contributed by atoms with Gasteiger partial charge in [-0.3, -0.25) is 0 Å². The third-order valence-electron chi connectivity index (χ3n) is 3.15. The molecule has 1 atom stereocenters. The normalized spacial score (nSPS) is 12.7. The quantitative estimate of drug-likeness (QED) is 0.617. The van der Waals surface area contributed by atoms with Crippen LogP contribution in [0.3, 0.4) is 0 Å². The van der Waals surface area contributed by atoms with Gasteiger partial charge in [0, 0.05) is 8.95 Å². The average molecular weight is 377 g/mol. The topological polar surface area (TPSA) is 12.0 Å². The van der Waals surface area contributed by atoms with Crippen molar-refractivity contribution in [3.63, 3.8) is 0 Å². The highest BCUT2D eigenvalue weighted by Gasteiger charge is 2.05. The van der Waals surface area contributed by atoms with E-state index in [-0.39, 0.29) is 0 Å². The van der Waals surface area contributed by atoms with Gasteiger partial charge in [-0.1, -0.05) is 45.7 Å². The second-order valence-electron chi connectivity index (χ2n) is 4.92. The van der Waals surface area contributed by atoms with E-state index in [1.54, 1.807) is 0 Å². The maximum atomic E-state index is 3.62. The molecule has 102 valence electrons. The summed E-state index contributed by atoms with van der Waals surface area (Å²) in [7, 11) is 0. The molecule has 1 nitrogen and oxygen atoms in total. The van der Waals surface area contributed by atoms with E-state index in [2.05, 4.69) is 69.2 Å². The van der Waals surface area contributed by atoms with Crippen molar-refractivity contribution in [3.05, 3.63) is 32.7 Å². The molecule has 1 rings (SSSR count). The van der Waals surface area contributed by atoms with E-state index >= 15 is 0 Å². The molecule has 0 radical (unpaired) electrons. The summed E-state index contributed by atoms with van der Waals surface area (Å²) in [4.78, 5) is 0. The van der Waals surface area contributed by atoms with Crippen LogP contribution < -0.4 is 5.32 Å². The van der Waals surface area contributed by atoms with Gasteiger partial charge in [-0.25, -0.2) is 0 Å². The van der Waals surface area contributed by atoms with Crippen LogP contribution in [0.5, 0.6) is 0 Å². The fourth-order valence-electron chi connectivity index (χ4n) is 1.93. The lowest BCUT2D eigenvalue weighted by molar-refractivity contribution is 0.470. The standard InChI is InChI=1S/C15H23Br2N/c1-3-9-18-10-8-12(2)4-5-13-11-14(16)6-7-15(13)17/h6-7,11-12,18H,3-5,8-10H2,1-2H3. The number of halogens is 2. The summed E-state index contributed by atoms with van der Waals surface area (Å²) in [6, 6.07) is 6.41. The molecule has 0 aliphatic carbocycles. The van der Waals surface area contributed by atoms with Gasteiger partial charge >= 0.3 is 0 Å². The minimum absolute atomic E-state index is 0.778. The zero-order valence-electron chi connectivity index (χ0n) is 11.3. The molecule has 1 N–H and O–H groups in total. The molecule has 0 aromatic heterocycles. The third-order valence-corrected chi connectivity index (χ3v) is 4.42. The van der Waals surface area contributed by atoms with Crippen LogP contribution in [0.25, 0.3) is 0 Å². The van der Waals surface area contributed by atoms with Gasteiger partial charge in [-0.05, 0) is 68.5 Å². The Morgan fingerprint density at radius 1 is 1.17 bits per heavy atom. The van der Waals surface area contributed by atoms with Gasteiger partial charge in [0.15, 0.2) is 0 Å². The fourth-order valence-corrected chi connectivity index (χ4v) is 2.78. The van der Waals surface area contributed by atoms with Crippen molar-refractivity contribution in [1.82, 2.24) is 5.32 Å². The first-order valence-electron chi connectivity index (χ1n) is 6.78. The van der Waals surface area contributed by atoms with Gasteiger partial charge < -0.3 is 5.32 Å². The number of hydrogen-bond acceptors (Lipinski definition) is 1. The smallest absolute Gasteiger partial charge is 0.0208 e. The van der Waals surface area contributed by atoms with Crippen LogP contribution >= 0.6 is 31.9 Å². The van der Waals surface area contributed by atoms with Gasteiger partial charge in [-0.15, -0.1) is 0 Å². The summed E-state index contributed by atoms with van der Waals surface area (Å²) in [6.07, 6.45) is 4.89. The van der Waals surface area contributed by atoms with Crippen LogP contribution in [0.15, 0.2) is 27.1 Å². The van der Waals surface area contributed by atoms with Gasteiger partial charge in [0.2, 0.25) is 0 Å². The second kappa shape index (κ2) is 9.11. The lowest BCUT2D eigenvalue weighted by Gasteiger charge is -2.12. The molecule has 3 heteroatoms. The van der Waals surface area contributed by atoms with Crippen molar-refractivity contribution < 1.29 is 0 Å². The summed E-state index contributed by atoms with van der Waals surface area (Å²) >= 11 is 7.15. The van der Waals surface area contributed by atoms with Crippen LogP contribution in [0.4, 0.5) is 0 Å². The Balaban J connectivity index is 2.29. The highest BCUT2D eigenvalue weighted by Crippen LogP contribution is 2.24. The molecule has 18 heavy (non-hydrogen) atoms. The van der Waals surface area contributed by atoms with Crippen molar-refractivity contribution in [1.29, 1.82) is 0 Å². The number of nitrogens with one attached hydrogen (secondary N) is 1. The van der Waals surface area contributed by atoms with Gasteiger partial charge in [-0.2, -0.15) is 0 Å². The van der Waals surface area contributed by atoms with Crippen molar-refractivity contribution in [2.75, 3.05) is 13.1 Å². The first-order valence-corrected chi connectivity index (χ1v) is 8.36. The van der Waals surface area contributed by atoms with Crippen LogP contribution in [0.1, 0.15) is 38.7 Å². The Labute approximate surface area is 128 Å². The molecule has 0 saturated carbocycles. The molecule has 0 spiro atoms. The molecule has 0 aliphatic rings. The molecule has 0 fully saturated rings. The molecule has 0 saturated heterocycles. The zero-order chi connectivity index (χ0) is 13.4. The lowest BCUT2D eigenvalue weighted by Crippen LogP contribution is -2.18. The maximum Gasteiger partial charge on any atom is 0.0208 e. The summed E-state index contributed by atoms with van der Waals surface area (Å²) in [5, 5.41) is 3.47. The second-order valence-corrected chi connectivity index (χ2v) is 6.69. The van der Waals surface area contributed by atoms with E-state index in [9.17, 15) is 0 Å². The highest BCUT2D eigenvalue weighted by molar-refractivity contribution is 9.11. The molecule has 1 unspecified atom stereocenters. The molecule has 0 aliphatic heterocycles. The van der Waals surface area contributed by atoms with Gasteiger partial charge in [0.05, 0.1) is 0 Å². The van der Waals surface area contributed by atoms with E-state index in [1.165, 1.54) is 29.3 Å². The Morgan fingerprint density at radius 3 is 2.67 bits per heavy atom. The van der Waals surface area contributed by atoms with E-state index in [1.807, 2.05) is 0 Å². The molecule has 0 bridgehead atoms. The summed E-state index contributed by atoms with van der Waals surface area (Å²) in [5.41, 5.74) is 1.40. The summed E-state index contributed by atoms with van der Waals surface area (Å²) < 4.78 is 2.39. The van der Waals surface area contributed by atoms with Crippen molar-refractivity contribution in [2.24, 2.45) is 5.92 Å². The first-order chi connectivity index (χ1) is 8.63. The highest BCUT2D eigenvalue weighted by atomic mass is 79.9. The predicted molar refractivity (Wildman–Crippen MR) is 87.1 cm³/mol. The fraction of sp³-hybridized carbons (Fsp3) is 0.600. The maximum absolute atomic E-state index is 3.62. The van der Waals surface area contributed by atoms with Crippen LogP contribution in [-0.4, -0.2) is 13.1 Å². The lowest BCUT2D eigenvalue weighted by atomic mass is 9.98. The van der Waals surface area contributed by atoms with Crippen molar-refractivity contribution in [2.45, 2.75) is 39.5 Å². The van der Waals surface area contributed by atoms with Crippen molar-refractivity contribution >= 4 is 31.9 Å². The summed E-state index contributed by atoms with van der Waals surface area (Å²) in [6.45, 7) is 6.85. The largest absolute Gasteiger partial charge is 0.317 e. The Morgan fingerprint density at radius 2 is 1.94 bits per heavy atom. The first kappa shape index (κ1) is 16.2. The Kier molecular flexibility index (Phi) is 8.20. The van der Waals surface area contributed by atoms with E-state index in [0.717, 1.165) is 29.9 Å². The number of rotatable bonds is 8. The van der Waals surface area contributed by atoms with E-state index < -0.39 is 0 Å².